The molecule has 0 spiro atoms. The highest BCUT2D eigenvalue weighted by molar-refractivity contribution is 7.94. The summed E-state index contributed by atoms with van der Waals surface area (Å²) in [7, 11) is -3.21. The van der Waals surface area contributed by atoms with E-state index in [1.807, 2.05) is 6.92 Å². The third-order valence-corrected chi connectivity index (χ3v) is 4.36. The molecule has 9 heteroatoms. The third-order valence-electron chi connectivity index (χ3n) is 2.97. The Morgan fingerprint density at radius 3 is 2.80 bits per heavy atom. The van der Waals surface area contributed by atoms with Crippen LogP contribution in [0, 0.1) is 17.0 Å². The second-order valence-corrected chi connectivity index (χ2v) is 6.60. The van der Waals surface area contributed by atoms with E-state index in [1.165, 1.54) is 10.8 Å². The molecule has 1 aromatic rings. The normalized spacial score (nSPS) is 20.2. The van der Waals surface area contributed by atoms with Gasteiger partial charge in [0.25, 0.3) is 0 Å². The van der Waals surface area contributed by atoms with Crippen molar-refractivity contribution >= 4 is 21.3 Å². The Hall–Kier alpha value is -1.90. The van der Waals surface area contributed by atoms with E-state index >= 15 is 0 Å². The van der Waals surface area contributed by atoms with E-state index in [9.17, 15) is 18.5 Å². The van der Waals surface area contributed by atoms with Gasteiger partial charge in [-0.15, -0.1) is 0 Å². The van der Waals surface area contributed by atoms with E-state index in [1.54, 1.807) is 6.92 Å². The van der Waals surface area contributed by atoms with Gasteiger partial charge >= 0.3 is 5.69 Å². The molecule has 2 heterocycles. The summed E-state index contributed by atoms with van der Waals surface area (Å²) < 4.78 is 24.3. The summed E-state index contributed by atoms with van der Waals surface area (Å²) in [5.41, 5.74) is 0.215. The van der Waals surface area contributed by atoms with Crippen LogP contribution in [-0.4, -0.2) is 34.9 Å². The number of nitrogens with one attached hydrogen (secondary N) is 1. The molecule has 0 saturated heterocycles. The molecule has 1 aliphatic rings. The van der Waals surface area contributed by atoms with Crippen LogP contribution < -0.4 is 5.32 Å². The molecular weight excluding hydrogens is 284 g/mol. The maximum Gasteiger partial charge on any atom is 0.333 e. The van der Waals surface area contributed by atoms with Crippen LogP contribution in [0.3, 0.4) is 0 Å². The van der Waals surface area contributed by atoms with E-state index in [0.717, 1.165) is 11.8 Å². The van der Waals surface area contributed by atoms with Crippen LogP contribution >= 0.6 is 0 Å². The molecule has 0 aromatic carbocycles. The van der Waals surface area contributed by atoms with Crippen LogP contribution in [0.4, 0.5) is 11.5 Å². The van der Waals surface area contributed by atoms with Gasteiger partial charge < -0.3 is 5.32 Å². The highest BCUT2D eigenvalue weighted by atomic mass is 32.2. The molecule has 0 fully saturated rings. The van der Waals surface area contributed by atoms with Gasteiger partial charge in [-0.05, 0) is 19.4 Å². The van der Waals surface area contributed by atoms with Crippen LogP contribution in [0.15, 0.2) is 11.5 Å². The molecule has 20 heavy (non-hydrogen) atoms. The van der Waals surface area contributed by atoms with Crippen molar-refractivity contribution in [3.63, 3.8) is 0 Å². The number of aromatic nitrogens is 2. The monoisotopic (exact) mass is 300 g/mol. The number of hydrogen-bond donors (Lipinski definition) is 1. The second-order valence-electron chi connectivity index (χ2n) is 4.67. The minimum Gasteiger partial charge on any atom is -0.357 e. The lowest BCUT2D eigenvalue weighted by molar-refractivity contribution is -0.384. The SMILES string of the molecule is CCCn1nc(C)c([N+](=O)[O-])c1NC1C=CS(=O)(=O)C1. The van der Waals surface area contributed by atoms with Gasteiger partial charge in [-0.25, -0.2) is 13.1 Å². The van der Waals surface area contributed by atoms with Gasteiger partial charge in [0.05, 0.1) is 16.7 Å². The van der Waals surface area contributed by atoms with Gasteiger partial charge in [-0.2, -0.15) is 5.10 Å². The standard InChI is InChI=1S/C11H16N4O4S/c1-3-5-14-11(10(15(16)17)8(2)13-14)12-9-4-6-20(18,19)7-9/h4,6,9,12H,3,5,7H2,1-2H3. The fourth-order valence-corrected chi connectivity index (χ4v) is 3.38. The Balaban J connectivity index is 2.34. The number of aryl methyl sites for hydroxylation is 2. The van der Waals surface area contributed by atoms with Crippen LogP contribution in [0.2, 0.25) is 0 Å². The maximum absolute atomic E-state index is 11.4. The molecule has 0 radical (unpaired) electrons. The highest BCUT2D eigenvalue weighted by Crippen LogP contribution is 2.30. The first-order valence-corrected chi connectivity index (χ1v) is 7.95. The molecule has 1 unspecified atom stereocenters. The van der Waals surface area contributed by atoms with Crippen molar-refractivity contribution in [3.05, 3.63) is 27.3 Å². The first-order valence-electron chi connectivity index (χ1n) is 6.23. The molecule has 0 aliphatic carbocycles. The topological polar surface area (TPSA) is 107 Å². The first kappa shape index (κ1) is 14.5. The van der Waals surface area contributed by atoms with Crippen molar-refractivity contribution < 1.29 is 13.3 Å². The number of hydrogen-bond acceptors (Lipinski definition) is 6. The molecule has 0 bridgehead atoms. The molecule has 1 atom stereocenters. The summed E-state index contributed by atoms with van der Waals surface area (Å²) in [6.45, 7) is 4.03. The quantitative estimate of drug-likeness (QED) is 0.647. The summed E-state index contributed by atoms with van der Waals surface area (Å²) in [5, 5.41) is 19.3. The number of nitro groups is 1. The molecule has 0 saturated carbocycles. The predicted octanol–water partition coefficient (Wildman–Crippen LogP) is 1.23. The van der Waals surface area contributed by atoms with Crippen molar-refractivity contribution in [2.45, 2.75) is 32.9 Å². The summed E-state index contributed by atoms with van der Waals surface area (Å²) in [4.78, 5) is 10.6. The Morgan fingerprint density at radius 2 is 2.30 bits per heavy atom. The lowest BCUT2D eigenvalue weighted by Gasteiger charge is -2.12. The summed E-state index contributed by atoms with van der Waals surface area (Å²) in [6, 6.07) is -0.467. The molecule has 1 N–H and O–H groups in total. The van der Waals surface area contributed by atoms with Crippen molar-refractivity contribution in [3.8, 4) is 0 Å². The average Bonchev–Trinajstić information content (AvgIpc) is 2.81. The van der Waals surface area contributed by atoms with Crippen LogP contribution in [0.5, 0.6) is 0 Å². The average molecular weight is 300 g/mol. The maximum atomic E-state index is 11.4. The molecule has 0 amide bonds. The zero-order valence-corrected chi connectivity index (χ0v) is 12.1. The van der Waals surface area contributed by atoms with Crippen LogP contribution in [0.1, 0.15) is 19.0 Å². The van der Waals surface area contributed by atoms with Gasteiger partial charge in [0.2, 0.25) is 5.82 Å². The van der Waals surface area contributed by atoms with Crippen molar-refractivity contribution in [1.82, 2.24) is 9.78 Å². The van der Waals surface area contributed by atoms with Gasteiger partial charge in [0.15, 0.2) is 9.84 Å². The summed E-state index contributed by atoms with van der Waals surface area (Å²) in [5.74, 6) is 0.168. The van der Waals surface area contributed by atoms with Crippen LogP contribution in [-0.2, 0) is 16.4 Å². The van der Waals surface area contributed by atoms with Gasteiger partial charge in [0.1, 0.15) is 5.69 Å². The van der Waals surface area contributed by atoms with E-state index in [2.05, 4.69) is 10.4 Å². The Labute approximate surface area is 116 Å². The minimum atomic E-state index is -3.21. The molecule has 2 rings (SSSR count). The van der Waals surface area contributed by atoms with Crippen molar-refractivity contribution in [2.24, 2.45) is 0 Å². The molecule has 1 aliphatic heterocycles. The third kappa shape index (κ3) is 2.82. The number of anilines is 1. The highest BCUT2D eigenvalue weighted by Gasteiger charge is 2.29. The van der Waals surface area contributed by atoms with E-state index in [4.69, 9.17) is 0 Å². The number of sulfone groups is 1. The Kier molecular flexibility index (Phi) is 3.80. The molecule has 8 nitrogen and oxygen atoms in total. The lowest BCUT2D eigenvalue weighted by atomic mass is 10.3. The second kappa shape index (κ2) is 5.23. The van der Waals surface area contributed by atoms with E-state index in [0.29, 0.717) is 12.2 Å². The summed E-state index contributed by atoms with van der Waals surface area (Å²) >= 11 is 0. The number of rotatable bonds is 5. The Bertz CT molecular complexity index is 662. The van der Waals surface area contributed by atoms with Gasteiger partial charge in [0, 0.05) is 12.0 Å². The number of nitrogens with zero attached hydrogens (tertiary/aromatic N) is 3. The predicted molar refractivity (Wildman–Crippen MR) is 74.2 cm³/mol. The minimum absolute atomic E-state index is 0.0967. The van der Waals surface area contributed by atoms with E-state index in [-0.39, 0.29) is 17.3 Å². The molecular formula is C11H16N4O4S. The fourth-order valence-electron chi connectivity index (χ4n) is 2.15. The zero-order chi connectivity index (χ0) is 14.9. The first-order chi connectivity index (χ1) is 9.34. The summed E-state index contributed by atoms with van der Waals surface area (Å²) in [6.07, 6.45) is 2.27. The van der Waals surface area contributed by atoms with Crippen molar-refractivity contribution in [2.75, 3.05) is 11.1 Å². The Morgan fingerprint density at radius 1 is 1.60 bits per heavy atom. The molecule has 110 valence electrons. The van der Waals surface area contributed by atoms with Gasteiger partial charge in [-0.1, -0.05) is 6.92 Å². The lowest BCUT2D eigenvalue weighted by Crippen LogP contribution is -2.23. The van der Waals surface area contributed by atoms with Gasteiger partial charge in [-0.3, -0.25) is 10.1 Å². The smallest absolute Gasteiger partial charge is 0.333 e. The van der Waals surface area contributed by atoms with Crippen LogP contribution in [0.25, 0.3) is 0 Å². The van der Waals surface area contributed by atoms with E-state index < -0.39 is 20.8 Å². The molecule has 1 aromatic heterocycles. The largest absolute Gasteiger partial charge is 0.357 e. The van der Waals surface area contributed by atoms with Crippen molar-refractivity contribution in [1.29, 1.82) is 0 Å². The zero-order valence-electron chi connectivity index (χ0n) is 11.2. The fraction of sp³-hybridized carbons (Fsp3) is 0.545.